The highest BCUT2D eigenvalue weighted by molar-refractivity contribution is 7.99. The Kier molecular flexibility index (Phi) is 2.60. The minimum atomic E-state index is -2.93. The molecule has 0 aromatic heterocycles. The Hall–Kier alpha value is 0.260. The van der Waals surface area contributed by atoms with E-state index in [4.69, 9.17) is 0 Å². The summed E-state index contributed by atoms with van der Waals surface area (Å²) in [5.74, 6) is 0. The van der Waals surface area contributed by atoms with E-state index in [1.807, 2.05) is 11.8 Å². The molecule has 1 aliphatic heterocycles. The van der Waals surface area contributed by atoms with E-state index in [9.17, 15) is 8.42 Å². The number of thioether (sulfide) groups is 1. The van der Waals surface area contributed by atoms with Crippen LogP contribution in [-0.4, -0.2) is 43.6 Å². The van der Waals surface area contributed by atoms with Crippen LogP contribution in [0.3, 0.4) is 0 Å². The summed E-state index contributed by atoms with van der Waals surface area (Å²) in [6, 6.07) is 0. The summed E-state index contributed by atoms with van der Waals surface area (Å²) < 4.78 is 24.1. The molecule has 0 radical (unpaired) electrons. The van der Waals surface area contributed by atoms with Gasteiger partial charge in [-0.2, -0.15) is 11.8 Å². The zero-order valence-corrected chi connectivity index (χ0v) is 10.3. The molecule has 0 amide bonds. The summed E-state index contributed by atoms with van der Waals surface area (Å²) in [7, 11) is -2.93. The quantitative estimate of drug-likeness (QED) is 0.721. The van der Waals surface area contributed by atoms with Gasteiger partial charge in [-0.25, -0.2) is 12.7 Å². The molecule has 14 heavy (non-hydrogen) atoms. The Balaban J connectivity index is 1.94. The van der Waals surface area contributed by atoms with E-state index in [1.165, 1.54) is 25.5 Å². The highest BCUT2D eigenvalue weighted by atomic mass is 32.2. The van der Waals surface area contributed by atoms with Crippen LogP contribution in [0.25, 0.3) is 0 Å². The molecule has 0 bridgehead atoms. The molecule has 5 heteroatoms. The predicted octanol–water partition coefficient (Wildman–Crippen LogP) is 1.16. The Bertz CT molecular complexity index is 320. The Morgan fingerprint density at radius 2 is 2.07 bits per heavy atom. The van der Waals surface area contributed by atoms with Gasteiger partial charge >= 0.3 is 0 Å². The second-order valence-electron chi connectivity index (χ2n) is 4.63. The minimum absolute atomic E-state index is 0.344. The van der Waals surface area contributed by atoms with Gasteiger partial charge in [0.05, 0.1) is 6.26 Å². The molecule has 1 atom stereocenters. The number of nitrogens with zero attached hydrogens (tertiary/aromatic N) is 1. The van der Waals surface area contributed by atoms with Gasteiger partial charge in [0.15, 0.2) is 0 Å². The smallest absolute Gasteiger partial charge is 0.211 e. The lowest BCUT2D eigenvalue weighted by atomic mass is 9.80. The van der Waals surface area contributed by atoms with Gasteiger partial charge in [0.25, 0.3) is 0 Å². The van der Waals surface area contributed by atoms with Crippen molar-refractivity contribution in [2.75, 3.05) is 25.6 Å². The van der Waals surface area contributed by atoms with Crippen LogP contribution in [-0.2, 0) is 10.0 Å². The second kappa shape index (κ2) is 3.39. The van der Waals surface area contributed by atoms with E-state index in [1.54, 1.807) is 4.31 Å². The van der Waals surface area contributed by atoms with E-state index in [0.29, 0.717) is 5.41 Å². The Morgan fingerprint density at radius 3 is 2.50 bits per heavy atom. The summed E-state index contributed by atoms with van der Waals surface area (Å²) in [5, 5.41) is 0.761. The maximum atomic E-state index is 11.2. The lowest BCUT2D eigenvalue weighted by Crippen LogP contribution is -2.56. The van der Waals surface area contributed by atoms with Gasteiger partial charge in [0, 0.05) is 18.3 Å². The molecule has 0 N–H and O–H groups in total. The van der Waals surface area contributed by atoms with Crippen molar-refractivity contribution in [3.63, 3.8) is 0 Å². The summed E-state index contributed by atoms with van der Waals surface area (Å²) >= 11 is 1.92. The van der Waals surface area contributed by atoms with Gasteiger partial charge < -0.3 is 0 Å². The first-order chi connectivity index (χ1) is 6.45. The van der Waals surface area contributed by atoms with Gasteiger partial charge in [-0.05, 0) is 30.9 Å². The van der Waals surface area contributed by atoms with Crippen LogP contribution in [0.2, 0.25) is 0 Å². The molecule has 1 unspecified atom stereocenters. The molecule has 1 spiro atoms. The number of hydrogen-bond acceptors (Lipinski definition) is 3. The van der Waals surface area contributed by atoms with Crippen molar-refractivity contribution < 1.29 is 8.42 Å². The van der Waals surface area contributed by atoms with Gasteiger partial charge in [0.1, 0.15) is 0 Å². The molecule has 2 rings (SSSR count). The highest BCUT2D eigenvalue weighted by Crippen LogP contribution is 2.49. The molecule has 82 valence electrons. The van der Waals surface area contributed by atoms with Gasteiger partial charge in [0.2, 0.25) is 10.0 Å². The van der Waals surface area contributed by atoms with Crippen LogP contribution < -0.4 is 0 Å². The van der Waals surface area contributed by atoms with Crippen molar-refractivity contribution in [3.05, 3.63) is 0 Å². The fourth-order valence-electron chi connectivity index (χ4n) is 2.58. The van der Waals surface area contributed by atoms with Gasteiger partial charge in [-0.15, -0.1) is 0 Å². The van der Waals surface area contributed by atoms with Gasteiger partial charge in [-0.3, -0.25) is 0 Å². The largest absolute Gasteiger partial charge is 0.213 e. The first kappa shape index (κ1) is 10.8. The van der Waals surface area contributed by atoms with Crippen molar-refractivity contribution in [2.45, 2.75) is 24.5 Å². The fraction of sp³-hybridized carbons (Fsp3) is 1.00. The maximum absolute atomic E-state index is 11.2. The normalized spacial score (nSPS) is 32.0. The Labute approximate surface area is 90.3 Å². The molecule has 3 nitrogen and oxygen atoms in total. The molecule has 0 aromatic carbocycles. The number of hydrogen-bond donors (Lipinski definition) is 0. The summed E-state index contributed by atoms with van der Waals surface area (Å²) in [4.78, 5) is 0. The third-order valence-electron chi connectivity index (χ3n) is 3.48. The summed E-state index contributed by atoms with van der Waals surface area (Å²) in [5.41, 5.74) is 0.344. The van der Waals surface area contributed by atoms with E-state index < -0.39 is 10.0 Å². The maximum Gasteiger partial charge on any atom is 0.211 e. The third-order valence-corrected chi connectivity index (χ3v) is 5.75. The first-order valence-electron chi connectivity index (χ1n) is 4.93. The molecule has 2 fully saturated rings. The topological polar surface area (TPSA) is 37.4 Å². The zero-order valence-electron chi connectivity index (χ0n) is 8.69. The van der Waals surface area contributed by atoms with Crippen molar-refractivity contribution in [1.82, 2.24) is 4.31 Å². The lowest BCUT2D eigenvalue weighted by molar-refractivity contribution is 0.0789. The average molecular weight is 235 g/mol. The molecule has 1 saturated carbocycles. The van der Waals surface area contributed by atoms with Crippen LogP contribution in [0.15, 0.2) is 0 Å². The molecule has 1 saturated heterocycles. The van der Waals surface area contributed by atoms with Crippen molar-refractivity contribution >= 4 is 21.8 Å². The van der Waals surface area contributed by atoms with Crippen LogP contribution in [0.1, 0.15) is 19.3 Å². The van der Waals surface area contributed by atoms with Crippen LogP contribution in [0.5, 0.6) is 0 Å². The van der Waals surface area contributed by atoms with E-state index >= 15 is 0 Å². The molecule has 1 heterocycles. The number of rotatable bonds is 2. The molecule has 2 aliphatic rings. The van der Waals surface area contributed by atoms with Crippen molar-refractivity contribution in [3.8, 4) is 0 Å². The molecular weight excluding hydrogens is 218 g/mol. The molecule has 1 aliphatic carbocycles. The molecule has 0 aromatic rings. The van der Waals surface area contributed by atoms with Crippen molar-refractivity contribution in [1.29, 1.82) is 0 Å². The van der Waals surface area contributed by atoms with E-state index in [-0.39, 0.29) is 0 Å². The highest BCUT2D eigenvalue weighted by Gasteiger charge is 2.50. The minimum Gasteiger partial charge on any atom is -0.213 e. The number of sulfonamides is 1. The summed E-state index contributed by atoms with van der Waals surface area (Å²) in [6.45, 7) is 1.53. The van der Waals surface area contributed by atoms with Crippen LogP contribution in [0, 0.1) is 5.41 Å². The monoisotopic (exact) mass is 235 g/mol. The zero-order chi connectivity index (χ0) is 10.4. The SMILES string of the molecule is CSC1CCC2(C1)CN(S(C)(=O)=O)C2. The van der Waals surface area contributed by atoms with E-state index in [0.717, 1.165) is 18.3 Å². The van der Waals surface area contributed by atoms with Crippen LogP contribution in [0.4, 0.5) is 0 Å². The first-order valence-corrected chi connectivity index (χ1v) is 8.07. The standard InChI is InChI=1S/C9H17NO2S2/c1-13-8-3-4-9(5-8)6-10(7-9)14(2,11)12/h8H,3-7H2,1-2H3. The fourth-order valence-corrected chi connectivity index (χ4v) is 4.47. The average Bonchev–Trinajstić information content (AvgIpc) is 2.43. The van der Waals surface area contributed by atoms with Crippen LogP contribution >= 0.6 is 11.8 Å². The third kappa shape index (κ3) is 1.82. The summed E-state index contributed by atoms with van der Waals surface area (Å²) in [6.07, 6.45) is 7.14. The van der Waals surface area contributed by atoms with Crippen molar-refractivity contribution in [2.24, 2.45) is 5.41 Å². The van der Waals surface area contributed by atoms with E-state index in [2.05, 4.69) is 6.26 Å². The second-order valence-corrected chi connectivity index (χ2v) is 7.75. The predicted molar refractivity (Wildman–Crippen MR) is 60.0 cm³/mol. The Morgan fingerprint density at radius 1 is 1.43 bits per heavy atom. The van der Waals surface area contributed by atoms with Gasteiger partial charge in [-0.1, -0.05) is 0 Å². The molecular formula is C9H17NO2S2. The lowest BCUT2D eigenvalue weighted by Gasteiger charge is -2.46.